The number of ether oxygens (including phenoxy) is 2. The topological polar surface area (TPSA) is 114 Å². The molecule has 0 bridgehead atoms. The number of benzene rings is 2. The zero-order valence-electron chi connectivity index (χ0n) is 19.3. The Bertz CT molecular complexity index is 1300. The Morgan fingerprint density at radius 3 is 2.53 bits per heavy atom. The van der Waals surface area contributed by atoms with Crippen molar-refractivity contribution in [2.45, 2.75) is 32.8 Å². The molecule has 0 aliphatic heterocycles. The monoisotopic (exact) mass is 517 g/mol. The molecular weight excluding hydrogens is 496 g/mol. The first-order valence-electron chi connectivity index (χ1n) is 10.9. The number of nitrogens with one attached hydrogen (secondary N) is 3. The second kappa shape index (κ2) is 10.3. The number of hydrogen-bond donors (Lipinski definition) is 3. The van der Waals surface area contributed by atoms with Gasteiger partial charge in [0.15, 0.2) is 0 Å². The second-order valence-corrected chi connectivity index (χ2v) is 8.63. The van der Waals surface area contributed by atoms with Crippen LogP contribution in [0.1, 0.15) is 25.3 Å². The number of aryl methyl sites for hydroxylation is 1. The summed E-state index contributed by atoms with van der Waals surface area (Å²) in [5.74, 6) is 0.751. The lowest BCUT2D eigenvalue weighted by Gasteiger charge is -2.16. The highest BCUT2D eigenvalue weighted by atomic mass is 35.5. The van der Waals surface area contributed by atoms with Crippen molar-refractivity contribution < 1.29 is 27.8 Å². The fourth-order valence-corrected chi connectivity index (χ4v) is 3.29. The van der Waals surface area contributed by atoms with Crippen LogP contribution in [0.5, 0.6) is 17.4 Å². The van der Waals surface area contributed by atoms with Gasteiger partial charge in [0, 0.05) is 36.3 Å². The van der Waals surface area contributed by atoms with Gasteiger partial charge in [-0.15, -0.1) is 0 Å². The Morgan fingerprint density at radius 2 is 1.83 bits per heavy atom. The van der Waals surface area contributed by atoms with E-state index in [1.165, 1.54) is 30.6 Å². The average Bonchev–Trinajstić information content (AvgIpc) is 3.63. The highest BCUT2D eigenvalue weighted by Gasteiger charge is 2.30. The number of rotatable bonds is 8. The van der Waals surface area contributed by atoms with Crippen LogP contribution in [0.4, 0.5) is 30.8 Å². The van der Waals surface area contributed by atoms with Gasteiger partial charge in [0.2, 0.25) is 11.8 Å². The first-order valence-corrected chi connectivity index (χ1v) is 11.3. The fraction of sp³-hybridized carbons (Fsp3) is 0.250. The Morgan fingerprint density at radius 1 is 1.06 bits per heavy atom. The van der Waals surface area contributed by atoms with Crippen LogP contribution in [0.15, 0.2) is 48.8 Å². The molecule has 0 radical (unpaired) electrons. The molecule has 12 heteroatoms. The average molecular weight is 518 g/mol. The smallest absolute Gasteiger partial charge is 0.394 e. The number of carbonyl (C=O) groups is 2. The number of hydrogen-bond acceptors (Lipinski definition) is 6. The molecule has 36 heavy (non-hydrogen) atoms. The molecule has 3 N–H and O–H groups in total. The minimum Gasteiger partial charge on any atom is -0.439 e. The van der Waals surface area contributed by atoms with Crippen LogP contribution in [0.3, 0.4) is 0 Å². The summed E-state index contributed by atoms with van der Waals surface area (Å²) in [5, 5.41) is 7.94. The molecule has 1 aliphatic carbocycles. The molecule has 188 valence electrons. The Labute approximate surface area is 210 Å². The van der Waals surface area contributed by atoms with E-state index in [4.69, 9.17) is 16.3 Å². The molecule has 3 amide bonds. The lowest BCUT2D eigenvalue weighted by molar-refractivity contribution is -0.158. The summed E-state index contributed by atoms with van der Waals surface area (Å²) in [6.07, 6.45) is -0.376. The van der Waals surface area contributed by atoms with Gasteiger partial charge >= 0.3 is 12.1 Å². The largest absolute Gasteiger partial charge is 0.439 e. The van der Waals surface area contributed by atoms with Crippen LogP contribution in [-0.2, 0) is 4.79 Å². The summed E-state index contributed by atoms with van der Waals surface area (Å²) < 4.78 is 36.6. The SMILES string of the molecule is Cc1cc(Oc2cc(NC(=O)C3CC3)ncn2)ccc1NC(=O)Nc1ccc(Cl)c(OC(C)(F)F)c1. The number of anilines is 3. The van der Waals surface area contributed by atoms with Crippen LogP contribution in [0.2, 0.25) is 5.02 Å². The number of amides is 3. The van der Waals surface area contributed by atoms with Crippen molar-refractivity contribution in [2.24, 2.45) is 5.92 Å². The quantitative estimate of drug-likeness (QED) is 0.327. The van der Waals surface area contributed by atoms with Crippen molar-refractivity contribution in [1.82, 2.24) is 9.97 Å². The van der Waals surface area contributed by atoms with Crippen molar-refractivity contribution in [3.8, 4) is 17.4 Å². The third-order valence-corrected chi connectivity index (χ3v) is 5.30. The summed E-state index contributed by atoms with van der Waals surface area (Å²) in [4.78, 5) is 32.4. The number of carbonyl (C=O) groups excluding carboxylic acids is 2. The van der Waals surface area contributed by atoms with E-state index in [-0.39, 0.29) is 34.2 Å². The van der Waals surface area contributed by atoms with E-state index in [2.05, 4.69) is 30.7 Å². The van der Waals surface area contributed by atoms with Gasteiger partial charge in [-0.3, -0.25) is 4.79 Å². The third kappa shape index (κ3) is 7.01. The molecule has 0 unspecified atom stereocenters. The molecule has 0 spiro atoms. The third-order valence-electron chi connectivity index (χ3n) is 4.99. The van der Waals surface area contributed by atoms with Crippen molar-refractivity contribution in [2.75, 3.05) is 16.0 Å². The molecular formula is C24H22ClF2N5O4. The molecule has 4 rings (SSSR count). The molecule has 1 heterocycles. The molecule has 1 fully saturated rings. The minimum absolute atomic E-state index is 0.0185. The number of alkyl halides is 2. The van der Waals surface area contributed by atoms with Crippen LogP contribution < -0.4 is 25.4 Å². The fourth-order valence-electron chi connectivity index (χ4n) is 3.14. The summed E-state index contributed by atoms with van der Waals surface area (Å²) >= 11 is 5.88. The lowest BCUT2D eigenvalue weighted by atomic mass is 10.2. The van der Waals surface area contributed by atoms with Gasteiger partial charge in [-0.25, -0.2) is 14.8 Å². The molecule has 0 saturated heterocycles. The van der Waals surface area contributed by atoms with E-state index in [1.807, 2.05) is 0 Å². The summed E-state index contributed by atoms with van der Waals surface area (Å²) in [6, 6.07) is 9.87. The Hall–Kier alpha value is -3.99. The zero-order valence-corrected chi connectivity index (χ0v) is 20.0. The van der Waals surface area contributed by atoms with E-state index in [0.717, 1.165) is 12.8 Å². The van der Waals surface area contributed by atoms with Gasteiger partial charge in [-0.05, 0) is 55.7 Å². The van der Waals surface area contributed by atoms with E-state index in [1.54, 1.807) is 25.1 Å². The van der Waals surface area contributed by atoms with Crippen molar-refractivity contribution in [3.63, 3.8) is 0 Å². The first-order chi connectivity index (χ1) is 17.1. The van der Waals surface area contributed by atoms with Gasteiger partial charge in [0.25, 0.3) is 0 Å². The molecule has 9 nitrogen and oxygen atoms in total. The normalized spacial score (nSPS) is 13.0. The highest BCUT2D eigenvalue weighted by molar-refractivity contribution is 6.32. The highest BCUT2D eigenvalue weighted by Crippen LogP contribution is 2.33. The second-order valence-electron chi connectivity index (χ2n) is 8.22. The van der Waals surface area contributed by atoms with Crippen molar-refractivity contribution in [1.29, 1.82) is 0 Å². The van der Waals surface area contributed by atoms with E-state index < -0.39 is 12.1 Å². The Balaban J connectivity index is 1.37. The number of aromatic nitrogens is 2. The number of urea groups is 1. The maximum absolute atomic E-state index is 13.2. The van der Waals surface area contributed by atoms with Crippen molar-refractivity contribution in [3.05, 3.63) is 59.4 Å². The molecule has 1 aromatic heterocycles. The van der Waals surface area contributed by atoms with Crippen molar-refractivity contribution >= 4 is 40.7 Å². The maximum atomic E-state index is 13.2. The van der Waals surface area contributed by atoms with Gasteiger partial charge in [-0.2, -0.15) is 8.78 Å². The summed E-state index contributed by atoms with van der Waals surface area (Å²) in [7, 11) is 0. The Kier molecular flexibility index (Phi) is 7.20. The van der Waals surface area contributed by atoms with Gasteiger partial charge in [-0.1, -0.05) is 11.6 Å². The van der Waals surface area contributed by atoms with Gasteiger partial charge in [0.1, 0.15) is 23.6 Å². The lowest BCUT2D eigenvalue weighted by Crippen LogP contribution is -2.21. The standard InChI is InChI=1S/C24H22ClF2N5O4/c1-13-9-16(35-21-11-20(28-12-29-21)32-22(33)14-3-4-14)6-8-18(13)31-23(34)30-15-5-7-17(25)19(10-15)36-24(2,26)27/h5-12,14H,3-4H2,1-2H3,(H2,30,31,34)(H,28,29,32,33). The molecule has 2 aromatic carbocycles. The molecule has 1 saturated carbocycles. The van der Waals surface area contributed by atoms with Crippen LogP contribution in [0, 0.1) is 12.8 Å². The predicted octanol–water partition coefficient (Wildman–Crippen LogP) is 6.21. The van der Waals surface area contributed by atoms with Gasteiger partial charge < -0.3 is 25.4 Å². The minimum atomic E-state index is -3.43. The first kappa shape index (κ1) is 25.1. The molecule has 0 atom stereocenters. The van der Waals surface area contributed by atoms with E-state index >= 15 is 0 Å². The zero-order chi connectivity index (χ0) is 25.9. The predicted molar refractivity (Wildman–Crippen MR) is 130 cm³/mol. The summed E-state index contributed by atoms with van der Waals surface area (Å²) in [5.41, 5.74) is 1.39. The van der Waals surface area contributed by atoms with Crippen LogP contribution >= 0.6 is 11.6 Å². The molecule has 3 aromatic rings. The van der Waals surface area contributed by atoms with E-state index in [0.29, 0.717) is 29.7 Å². The van der Waals surface area contributed by atoms with E-state index in [9.17, 15) is 18.4 Å². The van der Waals surface area contributed by atoms with Crippen LogP contribution in [-0.4, -0.2) is 28.0 Å². The van der Waals surface area contributed by atoms with Crippen LogP contribution in [0.25, 0.3) is 0 Å². The maximum Gasteiger partial charge on any atom is 0.394 e. The van der Waals surface area contributed by atoms with Gasteiger partial charge in [0.05, 0.1) is 5.02 Å². The molecule has 1 aliphatic rings. The number of halogens is 3. The summed E-state index contributed by atoms with van der Waals surface area (Å²) in [6.45, 7) is 2.35. The number of nitrogens with zero attached hydrogens (tertiary/aromatic N) is 2.